The topological polar surface area (TPSA) is 59.0 Å². The second-order valence-corrected chi connectivity index (χ2v) is 8.65. The fourth-order valence-corrected chi connectivity index (χ4v) is 3.83. The van der Waals surface area contributed by atoms with Gasteiger partial charge in [-0.15, -0.1) is 0 Å². The average Bonchev–Trinajstić information content (AvgIpc) is 3.05. The van der Waals surface area contributed by atoms with E-state index in [0.717, 1.165) is 16.1 Å². The molecule has 0 spiro atoms. The summed E-state index contributed by atoms with van der Waals surface area (Å²) < 4.78 is 41.9. The van der Waals surface area contributed by atoms with Crippen LogP contribution in [0.1, 0.15) is 16.8 Å². The van der Waals surface area contributed by atoms with Gasteiger partial charge in [-0.1, -0.05) is 33.6 Å². The van der Waals surface area contributed by atoms with E-state index in [0.29, 0.717) is 22.7 Å². The number of fused-ring (bicyclic) bond motifs is 1. The molecule has 4 rings (SSSR count). The number of nitrogens with one attached hydrogen (secondary N) is 2. The number of aromatic nitrogens is 2. The molecule has 1 aromatic heterocycles. The molecule has 0 saturated heterocycles. The number of amides is 1. The first-order chi connectivity index (χ1) is 15.1. The van der Waals surface area contributed by atoms with Gasteiger partial charge in [0.1, 0.15) is 0 Å². The van der Waals surface area contributed by atoms with Crippen LogP contribution in [0, 0.1) is 0 Å². The second-order valence-electron chi connectivity index (χ2n) is 7.30. The first-order valence-corrected chi connectivity index (χ1v) is 10.7. The monoisotopic (exact) mass is 524 g/mol. The Morgan fingerprint density at radius 2 is 1.91 bits per heavy atom. The highest BCUT2D eigenvalue weighted by molar-refractivity contribution is 9.10. The minimum Gasteiger partial charge on any atom is -0.348 e. The zero-order chi connectivity index (χ0) is 23.0. The normalized spacial score (nSPS) is 16.5. The second kappa shape index (κ2) is 8.63. The molecular formula is C22H17BrClF3N4O. The lowest BCUT2D eigenvalue weighted by molar-refractivity contribution is -0.0943. The third-order valence-electron chi connectivity index (χ3n) is 5.11. The summed E-state index contributed by atoms with van der Waals surface area (Å²) in [6.07, 6.45) is -2.48. The predicted octanol–water partition coefficient (Wildman–Crippen LogP) is 6.38. The number of carbonyl (C=O) groups is 1. The van der Waals surface area contributed by atoms with Crippen LogP contribution in [0.2, 0.25) is 0 Å². The highest BCUT2D eigenvalue weighted by atomic mass is 79.9. The number of rotatable bonds is 4. The molecule has 0 aliphatic heterocycles. The van der Waals surface area contributed by atoms with Crippen molar-refractivity contribution in [1.82, 2.24) is 9.55 Å². The van der Waals surface area contributed by atoms with Gasteiger partial charge in [-0.25, -0.2) is 4.98 Å². The molecule has 0 saturated carbocycles. The van der Waals surface area contributed by atoms with E-state index in [1.807, 2.05) is 12.1 Å². The summed E-state index contributed by atoms with van der Waals surface area (Å²) in [6, 6.07) is 11.5. The summed E-state index contributed by atoms with van der Waals surface area (Å²) in [5, 5.41) is 6.07. The van der Waals surface area contributed by atoms with E-state index in [9.17, 15) is 18.0 Å². The van der Waals surface area contributed by atoms with E-state index >= 15 is 0 Å². The maximum Gasteiger partial charge on any atom is 0.412 e. The Labute approximate surface area is 195 Å². The van der Waals surface area contributed by atoms with Gasteiger partial charge < -0.3 is 15.2 Å². The van der Waals surface area contributed by atoms with Crippen LogP contribution in [0.25, 0.3) is 11.0 Å². The largest absolute Gasteiger partial charge is 0.412 e. The molecule has 2 N–H and O–H groups in total. The van der Waals surface area contributed by atoms with Gasteiger partial charge in [0.05, 0.1) is 17.1 Å². The van der Waals surface area contributed by atoms with Crippen LogP contribution in [0.3, 0.4) is 0 Å². The number of anilines is 2. The van der Waals surface area contributed by atoms with E-state index in [-0.39, 0.29) is 17.4 Å². The molecule has 1 unspecified atom stereocenters. The molecule has 1 heterocycles. The predicted molar refractivity (Wildman–Crippen MR) is 123 cm³/mol. The maximum atomic E-state index is 13.1. The number of hydrogen-bond donors (Lipinski definition) is 2. The van der Waals surface area contributed by atoms with E-state index in [4.69, 9.17) is 11.6 Å². The molecule has 0 fully saturated rings. The van der Waals surface area contributed by atoms with Crippen molar-refractivity contribution in [1.29, 1.82) is 0 Å². The van der Waals surface area contributed by atoms with Crippen LogP contribution in [0.4, 0.5) is 24.8 Å². The molecule has 1 amide bonds. The molecule has 0 bridgehead atoms. The Hall–Kier alpha value is -2.78. The van der Waals surface area contributed by atoms with Crippen LogP contribution in [0.5, 0.6) is 0 Å². The molecule has 1 atom stereocenters. The quantitative estimate of drug-likeness (QED) is 0.415. The summed E-state index contributed by atoms with van der Waals surface area (Å²) in [6.45, 7) is 0. The van der Waals surface area contributed by atoms with Crippen molar-refractivity contribution in [2.75, 3.05) is 10.6 Å². The Morgan fingerprint density at radius 1 is 1.19 bits per heavy atom. The molecule has 1 aliphatic carbocycles. The summed E-state index contributed by atoms with van der Waals surface area (Å²) in [7, 11) is 1.74. The third kappa shape index (κ3) is 4.68. The summed E-state index contributed by atoms with van der Waals surface area (Å²) in [5.74, 6) is 0.0537. The Kier molecular flexibility index (Phi) is 6.05. The number of hydrogen-bond acceptors (Lipinski definition) is 3. The zero-order valence-corrected chi connectivity index (χ0v) is 19.0. The number of nitrogens with zero attached hydrogens (tertiary/aromatic N) is 2. The summed E-state index contributed by atoms with van der Waals surface area (Å²) >= 11 is 9.49. The van der Waals surface area contributed by atoms with Crippen molar-refractivity contribution >= 4 is 56.1 Å². The number of halogens is 5. The van der Waals surface area contributed by atoms with Crippen LogP contribution < -0.4 is 10.6 Å². The maximum absolute atomic E-state index is 13.1. The van der Waals surface area contributed by atoms with E-state index in [2.05, 4.69) is 31.5 Å². The average molecular weight is 526 g/mol. The first kappa shape index (κ1) is 22.4. The Bertz CT molecular complexity index is 1250. The number of allylic oxidation sites excluding steroid dienone is 2. The van der Waals surface area contributed by atoms with Crippen molar-refractivity contribution in [2.24, 2.45) is 7.05 Å². The van der Waals surface area contributed by atoms with Gasteiger partial charge >= 0.3 is 6.18 Å². The van der Waals surface area contributed by atoms with Crippen molar-refractivity contribution in [2.45, 2.75) is 18.6 Å². The van der Waals surface area contributed by atoms with Gasteiger partial charge in [0.15, 0.2) is 0 Å². The fraction of sp³-hybridized carbons (Fsp3) is 0.182. The van der Waals surface area contributed by atoms with Crippen molar-refractivity contribution < 1.29 is 18.0 Å². The highest BCUT2D eigenvalue weighted by Gasteiger charge is 2.37. The third-order valence-corrected chi connectivity index (χ3v) is 6.03. The van der Waals surface area contributed by atoms with Gasteiger partial charge in [-0.05, 0) is 48.5 Å². The lowest BCUT2D eigenvalue weighted by atomic mass is 10.00. The zero-order valence-electron chi connectivity index (χ0n) is 16.7. The molecule has 5 nitrogen and oxygen atoms in total. The van der Waals surface area contributed by atoms with Crippen LogP contribution >= 0.6 is 27.5 Å². The van der Waals surface area contributed by atoms with Crippen LogP contribution in [-0.2, 0) is 7.05 Å². The van der Waals surface area contributed by atoms with Gasteiger partial charge in [-0.2, -0.15) is 13.2 Å². The van der Waals surface area contributed by atoms with Crippen LogP contribution in [-0.4, -0.2) is 27.7 Å². The number of alkyl halides is 3. The van der Waals surface area contributed by atoms with Crippen molar-refractivity contribution in [3.8, 4) is 0 Å². The Balaban J connectivity index is 1.55. The van der Waals surface area contributed by atoms with Crippen molar-refractivity contribution in [3.05, 3.63) is 75.3 Å². The molecule has 3 aromatic rings. The molecule has 166 valence electrons. The van der Waals surface area contributed by atoms with Gasteiger partial charge in [0.25, 0.3) is 5.91 Å². The SMILES string of the molecule is Cn1c(NC2CC(C(F)(F)F)=CC=C2Cl)nc2cc(C(=O)Nc3ccc(Br)cc3)ccc21. The lowest BCUT2D eigenvalue weighted by Crippen LogP contribution is -2.28. The molecular weight excluding hydrogens is 509 g/mol. The van der Waals surface area contributed by atoms with Gasteiger partial charge in [-0.3, -0.25) is 4.79 Å². The molecule has 2 aromatic carbocycles. The van der Waals surface area contributed by atoms with E-state index in [1.54, 1.807) is 41.9 Å². The highest BCUT2D eigenvalue weighted by Crippen LogP contribution is 2.35. The smallest absolute Gasteiger partial charge is 0.348 e. The number of aryl methyl sites for hydroxylation is 1. The van der Waals surface area contributed by atoms with E-state index in [1.165, 1.54) is 6.08 Å². The van der Waals surface area contributed by atoms with Gasteiger partial charge in [0.2, 0.25) is 5.95 Å². The van der Waals surface area contributed by atoms with E-state index < -0.39 is 17.8 Å². The standard InChI is InChI=1S/C22H17BrClF3N4O/c1-31-19-9-2-12(20(32)28-15-6-4-14(23)5-7-15)10-18(19)30-21(31)29-17-11-13(22(25,26)27)3-8-16(17)24/h2-10,17H,11H2,1H3,(H,28,32)(H,29,30). The molecule has 0 radical (unpaired) electrons. The Morgan fingerprint density at radius 3 is 2.59 bits per heavy atom. The number of carbonyl (C=O) groups excluding carboxylic acids is 1. The summed E-state index contributed by atoms with van der Waals surface area (Å²) in [4.78, 5) is 17.1. The molecule has 32 heavy (non-hydrogen) atoms. The van der Waals surface area contributed by atoms with Crippen LogP contribution in [0.15, 0.2) is 69.7 Å². The lowest BCUT2D eigenvalue weighted by Gasteiger charge is -2.24. The molecule has 1 aliphatic rings. The fourth-order valence-electron chi connectivity index (χ4n) is 3.37. The number of benzene rings is 2. The first-order valence-electron chi connectivity index (χ1n) is 9.55. The molecule has 10 heteroatoms. The number of imidazole rings is 1. The van der Waals surface area contributed by atoms with Gasteiger partial charge in [0, 0.05) is 39.8 Å². The summed E-state index contributed by atoms with van der Waals surface area (Å²) in [5.41, 5.74) is 1.64. The van der Waals surface area contributed by atoms with Crippen molar-refractivity contribution in [3.63, 3.8) is 0 Å². The minimum atomic E-state index is -4.42. The minimum absolute atomic E-state index is 0.264.